The van der Waals surface area contributed by atoms with E-state index in [-0.39, 0.29) is 34.9 Å². The Morgan fingerprint density at radius 3 is 2.38 bits per heavy atom. The number of amides is 4. The summed E-state index contributed by atoms with van der Waals surface area (Å²) in [5.41, 5.74) is 2.65. The smallest absolute Gasteiger partial charge is 0.411 e. The van der Waals surface area contributed by atoms with Crippen molar-refractivity contribution in [2.75, 3.05) is 23.9 Å². The van der Waals surface area contributed by atoms with E-state index in [0.717, 1.165) is 27.8 Å². The summed E-state index contributed by atoms with van der Waals surface area (Å²) in [4.78, 5) is 48.4. The number of carboxylic acid groups (broad SMARTS) is 1. The van der Waals surface area contributed by atoms with E-state index in [1.165, 1.54) is 25.2 Å². The zero-order valence-corrected chi connectivity index (χ0v) is 22.7. The van der Waals surface area contributed by atoms with Gasteiger partial charge >= 0.3 is 6.09 Å². The third-order valence-electron chi connectivity index (χ3n) is 6.31. The summed E-state index contributed by atoms with van der Waals surface area (Å²) in [7, 11) is 1.34. The first-order valence-corrected chi connectivity index (χ1v) is 13.0. The molecule has 0 aliphatic carbocycles. The van der Waals surface area contributed by atoms with Crippen LogP contribution in [0.15, 0.2) is 54.6 Å². The number of benzene rings is 3. The number of nitrogens with zero attached hydrogens (tertiary/aromatic N) is 1. The zero-order chi connectivity index (χ0) is 29.0. The van der Waals surface area contributed by atoms with Gasteiger partial charge in [0.2, 0.25) is 5.91 Å². The Kier molecular flexibility index (Phi) is 8.49. The van der Waals surface area contributed by atoms with Crippen molar-refractivity contribution < 1.29 is 38.9 Å². The molecule has 3 aromatic rings. The fourth-order valence-electron chi connectivity index (χ4n) is 3.88. The van der Waals surface area contributed by atoms with Crippen molar-refractivity contribution in [2.24, 2.45) is 0 Å². The lowest BCUT2D eigenvalue weighted by molar-refractivity contribution is -0.119. The molecule has 1 saturated heterocycles. The second-order valence-electron chi connectivity index (χ2n) is 9.02. The molecule has 3 aromatic carbocycles. The number of nitrogens with one attached hydrogen (secondary N) is 2. The van der Waals surface area contributed by atoms with Gasteiger partial charge < -0.3 is 25.0 Å². The maximum absolute atomic E-state index is 12.6. The van der Waals surface area contributed by atoms with Crippen molar-refractivity contribution in [3.8, 4) is 23.0 Å². The number of hydrogen-bond acceptors (Lipinski definition) is 8. The normalized spacial score (nSPS) is 14.4. The second kappa shape index (κ2) is 12.0. The Balaban J connectivity index is 1.41. The minimum absolute atomic E-state index is 0.141. The van der Waals surface area contributed by atoms with Gasteiger partial charge in [0.15, 0.2) is 6.61 Å². The van der Waals surface area contributed by atoms with E-state index in [0.29, 0.717) is 29.2 Å². The van der Waals surface area contributed by atoms with E-state index in [1.54, 1.807) is 50.2 Å². The minimum atomic E-state index is -1.24. The number of phenols is 1. The topological polar surface area (TPSA) is 154 Å². The van der Waals surface area contributed by atoms with Gasteiger partial charge in [-0.25, -0.2) is 4.79 Å². The number of aromatic hydroxyl groups is 1. The highest BCUT2D eigenvalue weighted by atomic mass is 32.2. The van der Waals surface area contributed by atoms with Crippen molar-refractivity contribution in [3.05, 3.63) is 71.3 Å². The van der Waals surface area contributed by atoms with Gasteiger partial charge in [0.25, 0.3) is 11.1 Å². The predicted octanol–water partition coefficient (Wildman–Crippen LogP) is 4.83. The third-order valence-corrected chi connectivity index (χ3v) is 7.29. The molecule has 1 fully saturated rings. The number of imide groups is 1. The van der Waals surface area contributed by atoms with Crippen LogP contribution in [0.3, 0.4) is 0 Å². The average Bonchev–Trinajstić information content (AvgIpc) is 3.24. The molecule has 4 amide bonds. The van der Waals surface area contributed by atoms with Gasteiger partial charge in [-0.1, -0.05) is 23.9 Å². The van der Waals surface area contributed by atoms with Crippen LogP contribution in [-0.4, -0.2) is 52.3 Å². The molecule has 1 unspecified atom stereocenters. The van der Waals surface area contributed by atoms with E-state index >= 15 is 0 Å². The van der Waals surface area contributed by atoms with Crippen LogP contribution in [-0.2, 0) is 16.0 Å². The Morgan fingerprint density at radius 2 is 1.73 bits per heavy atom. The Hall–Kier alpha value is -4.71. The van der Waals surface area contributed by atoms with E-state index in [2.05, 4.69) is 10.6 Å². The van der Waals surface area contributed by atoms with Crippen LogP contribution in [0.4, 0.5) is 21.0 Å². The lowest BCUT2D eigenvalue weighted by Crippen LogP contribution is -2.27. The number of carbonyl (C=O) groups excluding carboxylic acids is 3. The maximum Gasteiger partial charge on any atom is 0.411 e. The first-order chi connectivity index (χ1) is 19.0. The summed E-state index contributed by atoms with van der Waals surface area (Å²) >= 11 is 0.954. The summed E-state index contributed by atoms with van der Waals surface area (Å²) in [6.07, 6.45) is -0.854. The van der Waals surface area contributed by atoms with Crippen LogP contribution >= 0.6 is 11.8 Å². The quantitative estimate of drug-likeness (QED) is 0.286. The van der Waals surface area contributed by atoms with Crippen molar-refractivity contribution >= 4 is 46.3 Å². The molecule has 0 saturated carbocycles. The van der Waals surface area contributed by atoms with Crippen LogP contribution < -0.4 is 25.0 Å². The molecule has 0 spiro atoms. The van der Waals surface area contributed by atoms with Crippen LogP contribution in [0.1, 0.15) is 16.7 Å². The molecule has 12 heteroatoms. The van der Waals surface area contributed by atoms with Gasteiger partial charge in [0.1, 0.15) is 23.0 Å². The van der Waals surface area contributed by atoms with Crippen LogP contribution in [0, 0.1) is 13.8 Å². The highest BCUT2D eigenvalue weighted by Gasteiger charge is 2.31. The van der Waals surface area contributed by atoms with Gasteiger partial charge in [-0.2, -0.15) is 0 Å². The second-order valence-corrected chi connectivity index (χ2v) is 10.2. The standard InChI is InChI=1S/C28H27N3O8S/c1-15-16(2)23(11-10-22(15)32)39-19-8-9-20(21(13-19)31(3)28(36)37)29-25(33)14-38-18-6-4-17(5-7-18)12-24-26(34)30-27(35)40-24/h4-11,13,24,32H,12,14H2,1-3H3,(H,29,33)(H,36,37)(H,30,34,35). The van der Waals surface area contributed by atoms with Crippen molar-refractivity contribution in [3.63, 3.8) is 0 Å². The molecule has 4 rings (SSSR count). The fourth-order valence-corrected chi connectivity index (χ4v) is 4.74. The lowest BCUT2D eigenvalue weighted by Gasteiger charge is -2.20. The SMILES string of the molecule is Cc1c(O)ccc(Oc2ccc(NC(=O)COc3ccc(CC4SC(=O)NC4=O)cc3)c(N(C)C(=O)O)c2)c1C. The number of rotatable bonds is 9. The molecular formula is C28H27N3O8S. The lowest BCUT2D eigenvalue weighted by atomic mass is 10.1. The monoisotopic (exact) mass is 565 g/mol. The molecule has 1 aliphatic heterocycles. The first kappa shape index (κ1) is 28.3. The molecule has 4 N–H and O–H groups in total. The first-order valence-electron chi connectivity index (χ1n) is 12.1. The van der Waals surface area contributed by atoms with E-state index < -0.39 is 17.3 Å². The summed E-state index contributed by atoms with van der Waals surface area (Å²) < 4.78 is 11.5. The van der Waals surface area contributed by atoms with Crippen LogP contribution in [0.25, 0.3) is 0 Å². The maximum atomic E-state index is 12.6. The van der Waals surface area contributed by atoms with Crippen molar-refractivity contribution in [1.82, 2.24) is 5.32 Å². The largest absolute Gasteiger partial charge is 0.508 e. The van der Waals surface area contributed by atoms with Crippen molar-refractivity contribution in [2.45, 2.75) is 25.5 Å². The molecule has 0 radical (unpaired) electrons. The van der Waals surface area contributed by atoms with Crippen molar-refractivity contribution in [1.29, 1.82) is 0 Å². The Morgan fingerprint density at radius 1 is 1.02 bits per heavy atom. The third kappa shape index (κ3) is 6.64. The zero-order valence-electron chi connectivity index (χ0n) is 21.9. The molecule has 0 aromatic heterocycles. The Labute approximate surface area is 234 Å². The van der Waals surface area contributed by atoms with Gasteiger partial charge in [-0.15, -0.1) is 0 Å². The van der Waals surface area contributed by atoms with Gasteiger partial charge in [-0.05, 0) is 73.4 Å². The van der Waals surface area contributed by atoms with E-state index in [4.69, 9.17) is 9.47 Å². The minimum Gasteiger partial charge on any atom is -0.508 e. The van der Waals surface area contributed by atoms with E-state index in [9.17, 15) is 29.4 Å². The summed E-state index contributed by atoms with van der Waals surface area (Å²) in [5, 5.41) is 23.5. The summed E-state index contributed by atoms with van der Waals surface area (Å²) in [6.45, 7) is 3.22. The summed E-state index contributed by atoms with van der Waals surface area (Å²) in [6, 6.07) is 14.5. The average molecular weight is 566 g/mol. The number of anilines is 2. The predicted molar refractivity (Wildman–Crippen MR) is 150 cm³/mol. The number of ether oxygens (including phenoxy) is 2. The number of thioether (sulfide) groups is 1. The number of hydrogen-bond donors (Lipinski definition) is 4. The molecule has 11 nitrogen and oxygen atoms in total. The highest BCUT2D eigenvalue weighted by Crippen LogP contribution is 2.35. The molecule has 0 bridgehead atoms. The molecule has 1 heterocycles. The highest BCUT2D eigenvalue weighted by molar-refractivity contribution is 8.15. The summed E-state index contributed by atoms with van der Waals surface area (Å²) in [5.74, 6) is 0.565. The van der Waals surface area contributed by atoms with Crippen LogP contribution in [0.5, 0.6) is 23.0 Å². The van der Waals surface area contributed by atoms with Gasteiger partial charge in [0.05, 0.1) is 16.6 Å². The van der Waals surface area contributed by atoms with Crippen LogP contribution in [0.2, 0.25) is 0 Å². The molecule has 1 aliphatic rings. The molecular weight excluding hydrogens is 538 g/mol. The fraction of sp³-hybridized carbons (Fsp3) is 0.214. The number of carbonyl (C=O) groups is 4. The molecule has 208 valence electrons. The number of phenolic OH excluding ortho intramolecular Hbond substituents is 1. The van der Waals surface area contributed by atoms with Gasteiger partial charge in [-0.3, -0.25) is 24.6 Å². The molecule has 1 atom stereocenters. The van der Waals surface area contributed by atoms with E-state index in [1.807, 2.05) is 0 Å². The Bertz CT molecular complexity index is 1480. The molecule has 40 heavy (non-hydrogen) atoms. The van der Waals surface area contributed by atoms with Gasteiger partial charge in [0, 0.05) is 13.1 Å².